The number of phenols is 1. The first kappa shape index (κ1) is 24.2. The van der Waals surface area contributed by atoms with E-state index in [1.165, 1.54) is 11.0 Å². The maximum Gasteiger partial charge on any atom is 0.255 e. The molecule has 3 aliphatic rings. The molecule has 0 spiro atoms. The van der Waals surface area contributed by atoms with Crippen molar-refractivity contribution in [3.63, 3.8) is 0 Å². The van der Waals surface area contributed by atoms with E-state index in [4.69, 9.17) is 17.3 Å². The molecule has 0 bridgehead atoms. The van der Waals surface area contributed by atoms with Gasteiger partial charge in [-0.1, -0.05) is 11.6 Å². The molecule has 0 unspecified atom stereocenters. The highest BCUT2D eigenvalue weighted by Crippen LogP contribution is 2.53. The average Bonchev–Trinajstić information content (AvgIpc) is 2.73. The molecule has 0 radical (unpaired) electrons. The second-order valence-electron chi connectivity index (χ2n) is 9.21. The molecule has 0 saturated heterocycles. The summed E-state index contributed by atoms with van der Waals surface area (Å²) in [5.74, 6) is -6.88. The number of ketones is 2. The van der Waals surface area contributed by atoms with E-state index in [1.807, 2.05) is 0 Å². The summed E-state index contributed by atoms with van der Waals surface area (Å²) in [5.41, 5.74) is 2.61. The minimum Gasteiger partial charge on any atom is -0.508 e. The summed E-state index contributed by atoms with van der Waals surface area (Å²) < 4.78 is 0. The van der Waals surface area contributed by atoms with Crippen molar-refractivity contribution in [3.8, 4) is 5.75 Å². The summed E-state index contributed by atoms with van der Waals surface area (Å²) >= 11 is 6.57. The number of aliphatic hydroxyl groups is 3. The fourth-order valence-corrected chi connectivity index (χ4v) is 5.96. The van der Waals surface area contributed by atoms with Gasteiger partial charge in [0.2, 0.25) is 5.78 Å². The van der Waals surface area contributed by atoms with E-state index in [1.54, 1.807) is 21.1 Å². The van der Waals surface area contributed by atoms with Gasteiger partial charge in [-0.15, -0.1) is 0 Å². The molecule has 4 rings (SSSR count). The number of phenolic OH excluding ortho intramolecular Hbond substituents is 1. The van der Waals surface area contributed by atoms with Crippen LogP contribution in [-0.2, 0) is 27.3 Å². The first-order chi connectivity index (χ1) is 15.9. The van der Waals surface area contributed by atoms with Gasteiger partial charge in [0, 0.05) is 23.1 Å². The Morgan fingerprint density at radius 3 is 2.50 bits per heavy atom. The van der Waals surface area contributed by atoms with Gasteiger partial charge >= 0.3 is 0 Å². The van der Waals surface area contributed by atoms with Gasteiger partial charge in [0.05, 0.1) is 11.6 Å². The molecule has 10 nitrogen and oxygen atoms in total. The average molecular weight is 492 g/mol. The topological polar surface area (TPSA) is 173 Å². The number of aromatic hydroxyl groups is 1. The molecule has 0 heterocycles. The lowest BCUT2D eigenvalue weighted by atomic mass is 9.57. The molecule has 1 aromatic rings. The molecule has 4 atom stereocenters. The Morgan fingerprint density at radius 1 is 1.29 bits per heavy atom. The van der Waals surface area contributed by atoms with Gasteiger partial charge in [-0.3, -0.25) is 19.3 Å². The number of fused-ring (bicyclic) bond motifs is 3. The van der Waals surface area contributed by atoms with Crippen LogP contribution in [0.25, 0.3) is 5.76 Å². The van der Waals surface area contributed by atoms with Crippen molar-refractivity contribution in [2.75, 3.05) is 21.1 Å². The number of aliphatic hydroxyl groups excluding tert-OH is 2. The molecule has 7 N–H and O–H groups in total. The lowest BCUT2D eigenvalue weighted by molar-refractivity contribution is -0.153. The third-order valence-electron chi connectivity index (χ3n) is 7.10. The molecule has 1 fully saturated rings. The van der Waals surface area contributed by atoms with Crippen LogP contribution in [-0.4, -0.2) is 75.6 Å². The molecule has 34 heavy (non-hydrogen) atoms. The summed E-state index contributed by atoms with van der Waals surface area (Å²) in [7, 11) is 4.81. The molecule has 3 aliphatic carbocycles. The Hall–Kier alpha value is -2.92. The first-order valence-corrected chi connectivity index (χ1v) is 11.1. The second kappa shape index (κ2) is 8.09. The largest absolute Gasteiger partial charge is 0.508 e. The van der Waals surface area contributed by atoms with Crippen molar-refractivity contribution in [3.05, 3.63) is 44.7 Å². The molecule has 182 valence electrons. The van der Waals surface area contributed by atoms with Gasteiger partial charge in [-0.2, -0.15) is 0 Å². The summed E-state index contributed by atoms with van der Waals surface area (Å²) in [6.07, 6.45) is 0.164. The van der Waals surface area contributed by atoms with Crippen LogP contribution in [0.15, 0.2) is 23.0 Å². The summed E-state index contributed by atoms with van der Waals surface area (Å²) in [6.45, 7) is 0.356. The summed E-state index contributed by atoms with van der Waals surface area (Å²) in [6, 6.07) is 0.251. The monoisotopic (exact) mass is 491 g/mol. The summed E-state index contributed by atoms with van der Waals surface area (Å²) in [4.78, 5) is 40.2. The molecule has 0 aromatic heterocycles. The van der Waals surface area contributed by atoms with Crippen LogP contribution in [0.4, 0.5) is 0 Å². The van der Waals surface area contributed by atoms with Crippen molar-refractivity contribution in [2.45, 2.75) is 31.0 Å². The number of primary amides is 1. The number of nitrogens with one attached hydrogen (secondary N) is 1. The zero-order chi connectivity index (χ0) is 25.3. The van der Waals surface area contributed by atoms with E-state index in [2.05, 4.69) is 5.32 Å². The highest BCUT2D eigenvalue weighted by atomic mass is 35.5. The van der Waals surface area contributed by atoms with Crippen LogP contribution < -0.4 is 11.1 Å². The number of hydrogen-bond acceptors (Lipinski definition) is 9. The normalized spacial score (nSPS) is 28.7. The number of Topliss-reactive ketones (excluding diaryl/α,β-unsaturated/α-hetero) is 2. The predicted molar refractivity (Wildman–Crippen MR) is 122 cm³/mol. The number of likely N-dealkylation sites (N-methyl/N-ethyl adjacent to an activating group) is 1. The van der Waals surface area contributed by atoms with Gasteiger partial charge in [-0.25, -0.2) is 0 Å². The van der Waals surface area contributed by atoms with E-state index in [0.29, 0.717) is 22.7 Å². The lowest BCUT2D eigenvalue weighted by Crippen LogP contribution is -2.65. The van der Waals surface area contributed by atoms with Crippen LogP contribution in [0.3, 0.4) is 0 Å². The Labute approximate surface area is 200 Å². The van der Waals surface area contributed by atoms with Gasteiger partial charge in [0.1, 0.15) is 22.8 Å². The number of nitrogens with two attached hydrogens (primary N) is 1. The Morgan fingerprint density at radius 2 is 1.94 bits per heavy atom. The zero-order valence-electron chi connectivity index (χ0n) is 18.8. The zero-order valence-corrected chi connectivity index (χ0v) is 19.6. The van der Waals surface area contributed by atoms with Gasteiger partial charge in [0.25, 0.3) is 5.91 Å². The molecular formula is C23H26ClN3O7. The maximum atomic E-state index is 13.7. The standard InChI is InChI=1S/C23H26ClN3O7/c1-26-7-9-6-12(28)14-10(16(9)24)4-8-5-11-17(27(2)3)19(30)15(22(25)33)21(32)23(11,34)20(31)13(8)18(14)29/h6,8,11,17,26,28-29,32,34H,4-5,7H2,1-3H3,(H2,25,33)/t8-,11-,17-,23-/m0/s1. The molecule has 1 aromatic carbocycles. The van der Waals surface area contributed by atoms with Crippen LogP contribution >= 0.6 is 11.6 Å². The number of nitrogens with zero attached hydrogens (tertiary/aromatic N) is 1. The minimum atomic E-state index is -2.66. The fraction of sp³-hybridized carbons (Fsp3) is 0.435. The van der Waals surface area contributed by atoms with Crippen LogP contribution in [0.2, 0.25) is 5.02 Å². The quantitative estimate of drug-likeness (QED) is 0.324. The van der Waals surface area contributed by atoms with Crippen molar-refractivity contribution in [2.24, 2.45) is 17.6 Å². The lowest BCUT2D eigenvalue weighted by Gasteiger charge is -2.50. The van der Waals surface area contributed by atoms with Crippen molar-refractivity contribution in [1.29, 1.82) is 0 Å². The highest BCUT2D eigenvalue weighted by Gasteiger charge is 2.64. The fourth-order valence-electron chi connectivity index (χ4n) is 5.67. The minimum absolute atomic E-state index is 0.0130. The number of benzene rings is 1. The number of rotatable bonds is 4. The maximum absolute atomic E-state index is 13.7. The Kier molecular flexibility index (Phi) is 5.76. The number of amides is 1. The molecule has 1 saturated carbocycles. The Bertz CT molecular complexity index is 1210. The number of halogens is 1. The molecule has 11 heteroatoms. The molecule has 1 amide bonds. The number of hydrogen-bond donors (Lipinski definition) is 6. The first-order valence-electron chi connectivity index (χ1n) is 10.7. The second-order valence-corrected chi connectivity index (χ2v) is 9.59. The van der Waals surface area contributed by atoms with E-state index in [9.17, 15) is 34.8 Å². The van der Waals surface area contributed by atoms with Gasteiger partial charge in [0.15, 0.2) is 11.4 Å². The summed E-state index contributed by atoms with van der Waals surface area (Å²) in [5, 5.41) is 47.3. The predicted octanol–water partition coefficient (Wildman–Crippen LogP) is 0.337. The number of carbonyl (C=O) groups excluding carboxylic acids is 3. The van der Waals surface area contributed by atoms with Crippen LogP contribution in [0.5, 0.6) is 5.75 Å². The van der Waals surface area contributed by atoms with Crippen molar-refractivity contribution < 1.29 is 34.8 Å². The third kappa shape index (κ3) is 3.09. The van der Waals surface area contributed by atoms with E-state index < -0.39 is 58.0 Å². The number of carbonyl (C=O) groups is 3. The molecule has 0 aliphatic heterocycles. The van der Waals surface area contributed by atoms with Crippen LogP contribution in [0, 0.1) is 11.8 Å². The SMILES string of the molecule is CNCc1cc(O)c2c(c1Cl)C[C@H]1C[C@H]3[C@H](N(C)C)C(=O)C(C(N)=O)=C(O)[C@@]3(O)C(=O)C1=C2O. The van der Waals surface area contributed by atoms with Crippen molar-refractivity contribution >= 4 is 34.8 Å². The van der Waals surface area contributed by atoms with Crippen LogP contribution in [0.1, 0.15) is 23.1 Å². The highest BCUT2D eigenvalue weighted by molar-refractivity contribution is 6.32. The van der Waals surface area contributed by atoms with E-state index >= 15 is 0 Å². The van der Waals surface area contributed by atoms with E-state index in [-0.39, 0.29) is 29.7 Å². The third-order valence-corrected chi connectivity index (χ3v) is 7.57. The van der Waals surface area contributed by atoms with Crippen molar-refractivity contribution in [1.82, 2.24) is 10.2 Å². The molecular weight excluding hydrogens is 466 g/mol. The van der Waals surface area contributed by atoms with E-state index in [0.717, 1.165) is 0 Å². The smallest absolute Gasteiger partial charge is 0.255 e. The van der Waals surface area contributed by atoms with Gasteiger partial charge < -0.3 is 31.5 Å². The Balaban J connectivity index is 1.97. The van der Waals surface area contributed by atoms with Gasteiger partial charge in [-0.05, 0) is 57.1 Å².